The average molecular weight is 212 g/mol. The highest BCUT2D eigenvalue weighted by atomic mass is 35.5. The Morgan fingerprint density at radius 1 is 1.00 bits per heavy atom. The Morgan fingerprint density at radius 3 is 2.43 bits per heavy atom. The van der Waals surface area contributed by atoms with Crippen molar-refractivity contribution < 1.29 is 0 Å². The van der Waals surface area contributed by atoms with Gasteiger partial charge in [-0.15, -0.1) is 12.4 Å². The first-order valence-corrected chi connectivity index (χ1v) is 5.20. The maximum atomic E-state index is 3.20. The fraction of sp³-hybridized carbons (Fsp3) is 0.500. The zero-order valence-corrected chi connectivity index (χ0v) is 9.49. The molecule has 0 heterocycles. The van der Waals surface area contributed by atoms with Gasteiger partial charge in [0.05, 0.1) is 0 Å². The largest absolute Gasteiger partial charge is 0.388 e. The molecule has 0 unspecified atom stereocenters. The second-order valence-electron chi connectivity index (χ2n) is 3.79. The zero-order valence-electron chi connectivity index (χ0n) is 8.68. The Bertz CT molecular complexity index is 296. The van der Waals surface area contributed by atoms with E-state index in [4.69, 9.17) is 0 Å². The van der Waals surface area contributed by atoms with E-state index in [1.807, 2.05) is 7.05 Å². The number of aryl methyl sites for hydroxylation is 2. The average Bonchev–Trinajstić information content (AvgIpc) is 2.41. The molecule has 1 aliphatic carbocycles. The van der Waals surface area contributed by atoms with E-state index in [2.05, 4.69) is 23.5 Å². The van der Waals surface area contributed by atoms with Crippen LogP contribution in [-0.2, 0) is 12.8 Å². The van der Waals surface area contributed by atoms with Crippen LogP contribution in [0.2, 0.25) is 0 Å². The third-order valence-electron chi connectivity index (χ3n) is 2.89. The molecule has 0 amide bonds. The van der Waals surface area contributed by atoms with Gasteiger partial charge in [-0.3, -0.25) is 0 Å². The molecule has 1 aliphatic rings. The van der Waals surface area contributed by atoms with E-state index in [9.17, 15) is 0 Å². The molecule has 0 aromatic heterocycles. The maximum Gasteiger partial charge on any atom is 0.0340 e. The van der Waals surface area contributed by atoms with Gasteiger partial charge in [0.1, 0.15) is 0 Å². The first-order valence-electron chi connectivity index (χ1n) is 5.20. The van der Waals surface area contributed by atoms with Crippen molar-refractivity contribution in [2.75, 3.05) is 12.4 Å². The molecule has 0 saturated carbocycles. The molecular weight excluding hydrogens is 194 g/mol. The summed E-state index contributed by atoms with van der Waals surface area (Å²) in [7, 11) is 1.98. The minimum Gasteiger partial charge on any atom is -0.388 e. The number of hydrogen-bond acceptors (Lipinski definition) is 1. The number of halogens is 1. The molecule has 0 atom stereocenters. The van der Waals surface area contributed by atoms with Crippen LogP contribution in [0.4, 0.5) is 5.69 Å². The molecule has 78 valence electrons. The highest BCUT2D eigenvalue weighted by Gasteiger charge is 2.07. The molecule has 0 spiro atoms. The molecule has 0 aliphatic heterocycles. The lowest BCUT2D eigenvalue weighted by Gasteiger charge is -2.07. The van der Waals surface area contributed by atoms with Gasteiger partial charge in [0.25, 0.3) is 0 Å². The molecule has 1 aromatic carbocycles. The summed E-state index contributed by atoms with van der Waals surface area (Å²) < 4.78 is 0. The molecule has 1 aromatic rings. The van der Waals surface area contributed by atoms with Crippen LogP contribution in [0, 0.1) is 0 Å². The van der Waals surface area contributed by atoms with Gasteiger partial charge in [0, 0.05) is 12.7 Å². The van der Waals surface area contributed by atoms with E-state index in [0.717, 1.165) is 0 Å². The number of fused-ring (bicyclic) bond motifs is 1. The van der Waals surface area contributed by atoms with Gasteiger partial charge in [-0.1, -0.05) is 12.5 Å². The van der Waals surface area contributed by atoms with Crippen LogP contribution in [0.5, 0.6) is 0 Å². The van der Waals surface area contributed by atoms with Crippen molar-refractivity contribution in [2.24, 2.45) is 0 Å². The molecular formula is C12H18ClN. The van der Waals surface area contributed by atoms with E-state index < -0.39 is 0 Å². The standard InChI is InChI=1S/C12H17N.ClH/c1-13-12-8-7-10-5-3-2-4-6-11(10)9-12;/h7-9,13H,2-6H2,1H3;1H. The Kier molecular flexibility index (Phi) is 4.27. The summed E-state index contributed by atoms with van der Waals surface area (Å²) in [5.41, 5.74) is 4.38. The Morgan fingerprint density at radius 2 is 1.71 bits per heavy atom. The van der Waals surface area contributed by atoms with E-state index in [0.29, 0.717) is 0 Å². The summed E-state index contributed by atoms with van der Waals surface area (Å²) in [6.07, 6.45) is 6.67. The summed E-state index contributed by atoms with van der Waals surface area (Å²) in [5.74, 6) is 0. The first kappa shape index (κ1) is 11.4. The van der Waals surface area contributed by atoms with E-state index >= 15 is 0 Å². The zero-order chi connectivity index (χ0) is 9.10. The molecule has 0 saturated heterocycles. The fourth-order valence-corrected chi connectivity index (χ4v) is 2.07. The topological polar surface area (TPSA) is 12.0 Å². The van der Waals surface area contributed by atoms with Crippen LogP contribution in [0.1, 0.15) is 30.4 Å². The smallest absolute Gasteiger partial charge is 0.0340 e. The van der Waals surface area contributed by atoms with Crippen molar-refractivity contribution in [3.05, 3.63) is 29.3 Å². The number of anilines is 1. The molecule has 14 heavy (non-hydrogen) atoms. The minimum atomic E-state index is 0. The summed E-state index contributed by atoms with van der Waals surface area (Å²) in [6.45, 7) is 0. The third kappa shape index (κ3) is 2.42. The predicted octanol–water partition coefficient (Wildman–Crippen LogP) is 3.42. The normalized spacial score (nSPS) is 14.9. The second-order valence-corrected chi connectivity index (χ2v) is 3.79. The van der Waals surface area contributed by atoms with Crippen LogP contribution < -0.4 is 5.32 Å². The number of rotatable bonds is 1. The Balaban J connectivity index is 0.000000980. The number of benzene rings is 1. The summed E-state index contributed by atoms with van der Waals surface area (Å²) >= 11 is 0. The SMILES string of the molecule is CNc1ccc2c(c1)CCCCC2.Cl. The maximum absolute atomic E-state index is 3.20. The van der Waals surface area contributed by atoms with Crippen molar-refractivity contribution in [3.8, 4) is 0 Å². The lowest BCUT2D eigenvalue weighted by molar-refractivity contribution is 0.711. The van der Waals surface area contributed by atoms with Crippen LogP contribution >= 0.6 is 12.4 Å². The van der Waals surface area contributed by atoms with Crippen molar-refractivity contribution in [3.63, 3.8) is 0 Å². The molecule has 2 rings (SSSR count). The van der Waals surface area contributed by atoms with Crippen molar-refractivity contribution in [1.29, 1.82) is 0 Å². The monoisotopic (exact) mass is 211 g/mol. The molecule has 1 N–H and O–H groups in total. The van der Waals surface area contributed by atoms with Gasteiger partial charge < -0.3 is 5.32 Å². The van der Waals surface area contributed by atoms with E-state index in [1.165, 1.54) is 37.8 Å². The first-order chi connectivity index (χ1) is 6.40. The lowest BCUT2D eigenvalue weighted by Crippen LogP contribution is -1.94. The van der Waals surface area contributed by atoms with E-state index in [1.54, 1.807) is 11.1 Å². The number of nitrogens with one attached hydrogen (secondary N) is 1. The van der Waals surface area contributed by atoms with Gasteiger partial charge >= 0.3 is 0 Å². The molecule has 0 radical (unpaired) electrons. The van der Waals surface area contributed by atoms with Crippen LogP contribution in [0.25, 0.3) is 0 Å². The minimum absolute atomic E-state index is 0. The van der Waals surface area contributed by atoms with E-state index in [-0.39, 0.29) is 12.4 Å². The van der Waals surface area contributed by atoms with Crippen LogP contribution in [0.3, 0.4) is 0 Å². The molecule has 0 fully saturated rings. The highest BCUT2D eigenvalue weighted by Crippen LogP contribution is 2.23. The Hall–Kier alpha value is -0.690. The number of hydrogen-bond donors (Lipinski definition) is 1. The lowest BCUT2D eigenvalue weighted by atomic mass is 10.0. The van der Waals surface area contributed by atoms with Crippen LogP contribution in [-0.4, -0.2) is 7.05 Å². The summed E-state index contributed by atoms with van der Waals surface area (Å²) in [6, 6.07) is 6.78. The predicted molar refractivity (Wildman–Crippen MR) is 64.5 cm³/mol. The second kappa shape index (κ2) is 5.26. The third-order valence-corrected chi connectivity index (χ3v) is 2.89. The van der Waals surface area contributed by atoms with Crippen LogP contribution in [0.15, 0.2) is 18.2 Å². The molecule has 0 bridgehead atoms. The van der Waals surface area contributed by atoms with Crippen molar-refractivity contribution in [2.45, 2.75) is 32.1 Å². The van der Waals surface area contributed by atoms with Gasteiger partial charge in [-0.25, -0.2) is 0 Å². The van der Waals surface area contributed by atoms with Crippen molar-refractivity contribution >= 4 is 18.1 Å². The summed E-state index contributed by atoms with van der Waals surface area (Å²) in [4.78, 5) is 0. The Labute approximate surface area is 92.3 Å². The molecule has 1 nitrogen and oxygen atoms in total. The fourth-order valence-electron chi connectivity index (χ4n) is 2.07. The summed E-state index contributed by atoms with van der Waals surface area (Å²) in [5, 5.41) is 3.20. The quantitative estimate of drug-likeness (QED) is 0.702. The molecule has 2 heteroatoms. The highest BCUT2D eigenvalue weighted by molar-refractivity contribution is 5.85. The van der Waals surface area contributed by atoms with Gasteiger partial charge in [-0.05, 0) is 48.9 Å². The van der Waals surface area contributed by atoms with Gasteiger partial charge in [-0.2, -0.15) is 0 Å². The van der Waals surface area contributed by atoms with Gasteiger partial charge in [0.15, 0.2) is 0 Å². The van der Waals surface area contributed by atoms with Gasteiger partial charge in [0.2, 0.25) is 0 Å². The van der Waals surface area contributed by atoms with Crippen molar-refractivity contribution in [1.82, 2.24) is 0 Å².